The summed E-state index contributed by atoms with van der Waals surface area (Å²) in [5, 5.41) is 3.56. The summed E-state index contributed by atoms with van der Waals surface area (Å²) in [5.74, 6) is 1.51. The number of aromatic nitrogens is 1. The molecule has 0 radical (unpaired) electrons. The van der Waals surface area contributed by atoms with Crippen LogP contribution in [0, 0.1) is 0 Å². The van der Waals surface area contributed by atoms with Crippen LogP contribution in [-0.4, -0.2) is 18.6 Å². The minimum Gasteiger partial charge on any atom is -0.492 e. The molecular weight excluding hydrogens is 264 g/mol. The first kappa shape index (κ1) is 13.9. The standard InChI is InChI=1S/C14H17ClN2O2/c1-3-6-18-11-7-10(8-17-9-11)14(16-2)12-4-5-13(15)19-12/h4-5,7-9,14,16H,3,6H2,1-2H3. The Bertz CT molecular complexity index is 528. The summed E-state index contributed by atoms with van der Waals surface area (Å²) in [5.41, 5.74) is 0.974. The number of nitrogens with one attached hydrogen (secondary N) is 1. The Morgan fingerprint density at radius 2 is 2.26 bits per heavy atom. The predicted octanol–water partition coefficient (Wildman–Crippen LogP) is 3.43. The topological polar surface area (TPSA) is 47.3 Å². The lowest BCUT2D eigenvalue weighted by Crippen LogP contribution is -2.17. The Morgan fingerprint density at radius 3 is 2.89 bits per heavy atom. The van der Waals surface area contributed by atoms with Gasteiger partial charge in [0.15, 0.2) is 5.22 Å². The van der Waals surface area contributed by atoms with Gasteiger partial charge in [0.2, 0.25) is 0 Å². The van der Waals surface area contributed by atoms with Gasteiger partial charge in [0, 0.05) is 6.20 Å². The van der Waals surface area contributed by atoms with Gasteiger partial charge in [-0.25, -0.2) is 0 Å². The van der Waals surface area contributed by atoms with Crippen molar-refractivity contribution in [3.05, 3.63) is 47.1 Å². The van der Waals surface area contributed by atoms with Crippen LogP contribution in [0.4, 0.5) is 0 Å². The lowest BCUT2D eigenvalue weighted by Gasteiger charge is -2.14. The van der Waals surface area contributed by atoms with E-state index in [-0.39, 0.29) is 6.04 Å². The van der Waals surface area contributed by atoms with Crippen LogP contribution in [0.1, 0.15) is 30.7 Å². The van der Waals surface area contributed by atoms with Crippen LogP contribution in [0.2, 0.25) is 5.22 Å². The van der Waals surface area contributed by atoms with Crippen molar-refractivity contribution in [1.82, 2.24) is 10.3 Å². The first-order chi connectivity index (χ1) is 9.24. The molecule has 1 N–H and O–H groups in total. The molecule has 2 rings (SSSR count). The second-order valence-corrected chi connectivity index (χ2v) is 4.54. The van der Waals surface area contributed by atoms with Crippen molar-refractivity contribution in [2.24, 2.45) is 0 Å². The first-order valence-electron chi connectivity index (χ1n) is 6.24. The highest BCUT2D eigenvalue weighted by molar-refractivity contribution is 6.28. The van der Waals surface area contributed by atoms with Gasteiger partial charge in [-0.1, -0.05) is 6.92 Å². The fourth-order valence-electron chi connectivity index (χ4n) is 1.85. The number of nitrogens with zero attached hydrogens (tertiary/aromatic N) is 1. The summed E-state index contributed by atoms with van der Waals surface area (Å²) in [6.45, 7) is 2.75. The molecular formula is C14H17ClN2O2. The molecule has 19 heavy (non-hydrogen) atoms. The second kappa shape index (κ2) is 6.59. The van der Waals surface area contributed by atoms with Crippen molar-refractivity contribution in [3.63, 3.8) is 0 Å². The smallest absolute Gasteiger partial charge is 0.193 e. The molecule has 2 aromatic heterocycles. The lowest BCUT2D eigenvalue weighted by molar-refractivity contribution is 0.315. The van der Waals surface area contributed by atoms with Crippen molar-refractivity contribution in [1.29, 1.82) is 0 Å². The molecule has 0 aliphatic carbocycles. The van der Waals surface area contributed by atoms with Gasteiger partial charge in [-0.15, -0.1) is 0 Å². The van der Waals surface area contributed by atoms with Crippen LogP contribution in [0.3, 0.4) is 0 Å². The molecule has 0 saturated carbocycles. The zero-order chi connectivity index (χ0) is 13.7. The Kier molecular flexibility index (Phi) is 4.82. The molecule has 2 aromatic rings. The van der Waals surface area contributed by atoms with E-state index in [0.29, 0.717) is 11.8 Å². The third-order valence-corrected chi connectivity index (χ3v) is 2.91. The van der Waals surface area contributed by atoms with Gasteiger partial charge in [0.05, 0.1) is 18.8 Å². The maximum atomic E-state index is 5.81. The average Bonchev–Trinajstić information content (AvgIpc) is 2.84. The normalized spacial score (nSPS) is 12.4. The maximum Gasteiger partial charge on any atom is 0.193 e. The predicted molar refractivity (Wildman–Crippen MR) is 74.6 cm³/mol. The van der Waals surface area contributed by atoms with E-state index in [1.54, 1.807) is 18.5 Å². The minimum absolute atomic E-state index is 0.0924. The van der Waals surface area contributed by atoms with Crippen molar-refractivity contribution >= 4 is 11.6 Å². The van der Waals surface area contributed by atoms with E-state index < -0.39 is 0 Å². The molecule has 0 aliphatic rings. The Hall–Kier alpha value is -1.52. The monoisotopic (exact) mass is 280 g/mol. The highest BCUT2D eigenvalue weighted by Crippen LogP contribution is 2.27. The van der Waals surface area contributed by atoms with Crippen molar-refractivity contribution in [2.75, 3.05) is 13.7 Å². The molecule has 1 atom stereocenters. The fourth-order valence-corrected chi connectivity index (χ4v) is 2.00. The number of pyridine rings is 1. The molecule has 0 aliphatic heterocycles. The summed E-state index contributed by atoms with van der Waals surface area (Å²) in [6.07, 6.45) is 4.46. The van der Waals surface area contributed by atoms with Crippen molar-refractivity contribution < 1.29 is 9.15 Å². The molecule has 0 bridgehead atoms. The number of rotatable bonds is 6. The summed E-state index contributed by atoms with van der Waals surface area (Å²) >= 11 is 5.81. The molecule has 4 nitrogen and oxygen atoms in total. The van der Waals surface area contributed by atoms with Crippen LogP contribution >= 0.6 is 11.6 Å². The average molecular weight is 281 g/mol. The number of furan rings is 1. The van der Waals surface area contributed by atoms with E-state index >= 15 is 0 Å². The molecule has 0 saturated heterocycles. The number of hydrogen-bond donors (Lipinski definition) is 1. The van der Waals surface area contributed by atoms with E-state index in [9.17, 15) is 0 Å². The first-order valence-corrected chi connectivity index (χ1v) is 6.62. The SMILES string of the molecule is CCCOc1cncc(C(NC)c2ccc(Cl)o2)c1. The maximum absolute atomic E-state index is 5.81. The molecule has 0 fully saturated rings. The number of halogens is 1. The van der Waals surface area contributed by atoms with Gasteiger partial charge < -0.3 is 14.5 Å². The van der Waals surface area contributed by atoms with Crippen LogP contribution in [0.25, 0.3) is 0 Å². The van der Waals surface area contributed by atoms with E-state index in [4.69, 9.17) is 20.8 Å². The second-order valence-electron chi connectivity index (χ2n) is 4.17. The van der Waals surface area contributed by atoms with E-state index in [1.165, 1.54) is 0 Å². The fraction of sp³-hybridized carbons (Fsp3) is 0.357. The number of ether oxygens (including phenoxy) is 1. The van der Waals surface area contributed by atoms with Gasteiger partial charge in [-0.2, -0.15) is 0 Å². The van der Waals surface area contributed by atoms with Gasteiger partial charge >= 0.3 is 0 Å². The molecule has 2 heterocycles. The Balaban J connectivity index is 2.23. The Morgan fingerprint density at radius 1 is 1.42 bits per heavy atom. The van der Waals surface area contributed by atoms with E-state index in [0.717, 1.165) is 23.5 Å². The van der Waals surface area contributed by atoms with Gasteiger partial charge in [0.1, 0.15) is 11.5 Å². The minimum atomic E-state index is -0.0924. The van der Waals surface area contributed by atoms with Gasteiger partial charge in [0.25, 0.3) is 0 Å². The highest BCUT2D eigenvalue weighted by Gasteiger charge is 2.16. The third-order valence-electron chi connectivity index (χ3n) is 2.71. The van der Waals surface area contributed by atoms with Crippen LogP contribution in [-0.2, 0) is 0 Å². The molecule has 102 valence electrons. The zero-order valence-electron chi connectivity index (χ0n) is 11.0. The molecule has 0 amide bonds. The largest absolute Gasteiger partial charge is 0.492 e. The van der Waals surface area contributed by atoms with Gasteiger partial charge in [-0.3, -0.25) is 4.98 Å². The van der Waals surface area contributed by atoms with Crippen LogP contribution < -0.4 is 10.1 Å². The summed E-state index contributed by atoms with van der Waals surface area (Å²) in [6, 6.07) is 5.44. The lowest BCUT2D eigenvalue weighted by atomic mass is 10.1. The Labute approximate surface area is 117 Å². The summed E-state index contributed by atoms with van der Waals surface area (Å²) < 4.78 is 11.0. The molecule has 1 unspecified atom stereocenters. The van der Waals surface area contributed by atoms with E-state index in [2.05, 4.69) is 17.2 Å². The van der Waals surface area contributed by atoms with Gasteiger partial charge in [-0.05, 0) is 48.8 Å². The summed E-state index contributed by atoms with van der Waals surface area (Å²) in [4.78, 5) is 4.20. The molecule has 0 spiro atoms. The quantitative estimate of drug-likeness (QED) is 0.881. The molecule has 5 heteroatoms. The zero-order valence-corrected chi connectivity index (χ0v) is 11.8. The van der Waals surface area contributed by atoms with Crippen molar-refractivity contribution in [2.45, 2.75) is 19.4 Å². The highest BCUT2D eigenvalue weighted by atomic mass is 35.5. The molecule has 0 aromatic carbocycles. The van der Waals surface area contributed by atoms with Crippen LogP contribution in [0.15, 0.2) is 35.0 Å². The van der Waals surface area contributed by atoms with E-state index in [1.807, 2.05) is 19.2 Å². The summed E-state index contributed by atoms with van der Waals surface area (Å²) in [7, 11) is 1.86. The van der Waals surface area contributed by atoms with Crippen molar-refractivity contribution in [3.8, 4) is 5.75 Å². The third kappa shape index (κ3) is 3.49. The van der Waals surface area contributed by atoms with Crippen LogP contribution in [0.5, 0.6) is 5.75 Å². The number of hydrogen-bond acceptors (Lipinski definition) is 4.